The Balaban J connectivity index is 1.60. The van der Waals surface area contributed by atoms with Gasteiger partial charge in [0.1, 0.15) is 5.75 Å². The third-order valence-corrected chi connectivity index (χ3v) is 4.94. The first kappa shape index (κ1) is 13.8. The van der Waals surface area contributed by atoms with E-state index in [2.05, 4.69) is 17.0 Å². The third kappa shape index (κ3) is 2.95. The smallest absolute Gasteiger partial charge is 0.276 e. The molecule has 2 N–H and O–H groups in total. The first-order chi connectivity index (χ1) is 9.52. The van der Waals surface area contributed by atoms with Gasteiger partial charge in [-0.2, -0.15) is 12.7 Å². The molecule has 0 unspecified atom stereocenters. The molecular formula is C13H19N3O3S. The lowest BCUT2D eigenvalue weighted by Gasteiger charge is -2.32. The summed E-state index contributed by atoms with van der Waals surface area (Å²) in [6.07, 6.45) is 0.975. The summed E-state index contributed by atoms with van der Waals surface area (Å²) in [6.45, 7) is 3.96. The highest BCUT2D eigenvalue weighted by Gasteiger charge is 2.24. The zero-order valence-corrected chi connectivity index (χ0v) is 12.1. The van der Waals surface area contributed by atoms with Crippen molar-refractivity contribution in [2.75, 3.05) is 32.8 Å². The number of ether oxygens (including phenoxy) is 1. The van der Waals surface area contributed by atoms with E-state index in [1.54, 1.807) is 0 Å². The molecule has 6 nitrogen and oxygen atoms in total. The van der Waals surface area contributed by atoms with Crippen molar-refractivity contribution in [1.29, 1.82) is 0 Å². The molecule has 2 aliphatic heterocycles. The van der Waals surface area contributed by atoms with E-state index in [-0.39, 0.29) is 0 Å². The number of rotatable bonds is 3. The van der Waals surface area contributed by atoms with Crippen molar-refractivity contribution in [1.82, 2.24) is 9.21 Å². The van der Waals surface area contributed by atoms with Crippen molar-refractivity contribution in [2.24, 2.45) is 5.14 Å². The minimum atomic E-state index is -3.54. The van der Waals surface area contributed by atoms with E-state index in [1.807, 2.05) is 6.07 Å². The maximum absolute atomic E-state index is 11.3. The van der Waals surface area contributed by atoms with Gasteiger partial charge in [0.05, 0.1) is 6.61 Å². The molecule has 1 aromatic rings. The van der Waals surface area contributed by atoms with Gasteiger partial charge in [-0.15, -0.1) is 0 Å². The number of nitrogens with zero attached hydrogens (tertiary/aromatic N) is 2. The molecule has 0 amide bonds. The van der Waals surface area contributed by atoms with Gasteiger partial charge in [0.15, 0.2) is 0 Å². The lowest BCUT2D eigenvalue weighted by atomic mass is 10.1. The van der Waals surface area contributed by atoms with Crippen molar-refractivity contribution >= 4 is 10.2 Å². The lowest BCUT2D eigenvalue weighted by Crippen LogP contribution is -2.50. The number of piperazine rings is 1. The van der Waals surface area contributed by atoms with Crippen LogP contribution in [-0.2, 0) is 23.2 Å². The van der Waals surface area contributed by atoms with Crippen molar-refractivity contribution in [3.63, 3.8) is 0 Å². The minimum Gasteiger partial charge on any atom is -0.493 e. The van der Waals surface area contributed by atoms with Crippen LogP contribution in [0.5, 0.6) is 5.75 Å². The predicted molar refractivity (Wildman–Crippen MR) is 75.6 cm³/mol. The molecule has 0 aliphatic carbocycles. The van der Waals surface area contributed by atoms with Gasteiger partial charge in [0.2, 0.25) is 0 Å². The highest BCUT2D eigenvalue weighted by Crippen LogP contribution is 2.26. The van der Waals surface area contributed by atoms with E-state index >= 15 is 0 Å². The van der Waals surface area contributed by atoms with E-state index in [1.165, 1.54) is 15.4 Å². The molecule has 0 radical (unpaired) electrons. The highest BCUT2D eigenvalue weighted by atomic mass is 32.2. The quantitative estimate of drug-likeness (QED) is 0.848. The molecule has 0 spiro atoms. The minimum absolute atomic E-state index is 0.465. The third-order valence-electron chi connectivity index (χ3n) is 3.85. The van der Waals surface area contributed by atoms with E-state index in [4.69, 9.17) is 9.88 Å². The zero-order valence-electron chi connectivity index (χ0n) is 11.3. The number of hydrogen-bond donors (Lipinski definition) is 1. The van der Waals surface area contributed by atoms with Crippen LogP contribution >= 0.6 is 0 Å². The van der Waals surface area contributed by atoms with Crippen LogP contribution < -0.4 is 9.88 Å². The summed E-state index contributed by atoms with van der Waals surface area (Å²) in [5, 5.41) is 5.14. The molecule has 2 aliphatic rings. The summed E-state index contributed by atoms with van der Waals surface area (Å²) in [5.74, 6) is 0.993. The fraction of sp³-hybridized carbons (Fsp3) is 0.538. The van der Waals surface area contributed by atoms with Crippen LogP contribution in [0.2, 0.25) is 0 Å². The first-order valence-corrected chi connectivity index (χ1v) is 8.27. The highest BCUT2D eigenvalue weighted by molar-refractivity contribution is 7.86. The molecule has 7 heteroatoms. The average molecular weight is 297 g/mol. The van der Waals surface area contributed by atoms with Crippen LogP contribution in [0.25, 0.3) is 0 Å². The Kier molecular flexibility index (Phi) is 3.68. The van der Waals surface area contributed by atoms with E-state index in [9.17, 15) is 8.42 Å². The van der Waals surface area contributed by atoms with Crippen LogP contribution in [0.15, 0.2) is 18.2 Å². The van der Waals surface area contributed by atoms with Crippen LogP contribution in [-0.4, -0.2) is 50.4 Å². The van der Waals surface area contributed by atoms with Crippen molar-refractivity contribution in [3.8, 4) is 5.75 Å². The van der Waals surface area contributed by atoms with Crippen molar-refractivity contribution in [3.05, 3.63) is 29.3 Å². The van der Waals surface area contributed by atoms with E-state index in [0.29, 0.717) is 26.2 Å². The fourth-order valence-corrected chi connectivity index (χ4v) is 3.41. The molecule has 2 heterocycles. The molecule has 20 heavy (non-hydrogen) atoms. The molecule has 0 atom stereocenters. The summed E-state index contributed by atoms with van der Waals surface area (Å²) >= 11 is 0. The Morgan fingerprint density at radius 1 is 1.20 bits per heavy atom. The normalized spacial score (nSPS) is 20.6. The molecule has 1 saturated heterocycles. The van der Waals surface area contributed by atoms with Gasteiger partial charge in [-0.05, 0) is 17.2 Å². The molecule has 3 rings (SSSR count). The van der Waals surface area contributed by atoms with Gasteiger partial charge < -0.3 is 4.74 Å². The van der Waals surface area contributed by atoms with E-state index < -0.39 is 10.2 Å². The standard InChI is InChI=1S/C13H19N3O3S/c14-20(17,18)16-6-4-15(5-7-16)10-11-1-2-13-12(9-11)3-8-19-13/h1-2,9H,3-8,10H2,(H2,14,17,18). The van der Waals surface area contributed by atoms with Gasteiger partial charge in [-0.25, -0.2) is 5.14 Å². The van der Waals surface area contributed by atoms with Crippen LogP contribution in [0.1, 0.15) is 11.1 Å². The van der Waals surface area contributed by atoms with Gasteiger partial charge in [0.25, 0.3) is 10.2 Å². The molecular weight excluding hydrogens is 278 g/mol. The molecule has 1 fully saturated rings. The van der Waals surface area contributed by atoms with Crippen LogP contribution in [0, 0.1) is 0 Å². The Morgan fingerprint density at radius 2 is 1.95 bits per heavy atom. The van der Waals surface area contributed by atoms with Crippen molar-refractivity contribution < 1.29 is 13.2 Å². The van der Waals surface area contributed by atoms with Gasteiger partial charge >= 0.3 is 0 Å². The topological polar surface area (TPSA) is 75.9 Å². The van der Waals surface area contributed by atoms with Crippen LogP contribution in [0.4, 0.5) is 0 Å². The largest absolute Gasteiger partial charge is 0.493 e. The second-order valence-corrected chi connectivity index (χ2v) is 6.81. The predicted octanol–water partition coefficient (Wildman–Crippen LogP) is -0.0574. The molecule has 0 aromatic heterocycles. The number of nitrogens with two attached hydrogens (primary N) is 1. The molecule has 0 bridgehead atoms. The SMILES string of the molecule is NS(=O)(=O)N1CCN(Cc2ccc3c(c2)CCO3)CC1. The Labute approximate surface area is 119 Å². The first-order valence-electron chi connectivity index (χ1n) is 6.77. The van der Waals surface area contributed by atoms with Gasteiger partial charge in [-0.3, -0.25) is 4.90 Å². The summed E-state index contributed by atoms with van der Waals surface area (Å²) in [5.41, 5.74) is 2.52. The second kappa shape index (κ2) is 5.33. The van der Waals surface area contributed by atoms with Gasteiger partial charge in [-0.1, -0.05) is 12.1 Å². The maximum atomic E-state index is 11.3. The Hall–Kier alpha value is -1.15. The number of hydrogen-bond acceptors (Lipinski definition) is 4. The molecule has 0 saturated carbocycles. The maximum Gasteiger partial charge on any atom is 0.276 e. The summed E-state index contributed by atoms with van der Waals surface area (Å²) in [7, 11) is -3.54. The summed E-state index contributed by atoms with van der Waals surface area (Å²) in [4.78, 5) is 2.25. The summed E-state index contributed by atoms with van der Waals surface area (Å²) < 4.78 is 29.3. The molecule has 1 aromatic carbocycles. The van der Waals surface area contributed by atoms with E-state index in [0.717, 1.165) is 25.3 Å². The monoisotopic (exact) mass is 297 g/mol. The molecule has 110 valence electrons. The van der Waals surface area contributed by atoms with Crippen LogP contribution in [0.3, 0.4) is 0 Å². The summed E-state index contributed by atoms with van der Waals surface area (Å²) in [6, 6.07) is 6.29. The number of benzene rings is 1. The number of fused-ring (bicyclic) bond motifs is 1. The fourth-order valence-electron chi connectivity index (χ4n) is 2.74. The Morgan fingerprint density at radius 3 is 2.65 bits per heavy atom. The lowest BCUT2D eigenvalue weighted by molar-refractivity contribution is 0.181. The van der Waals surface area contributed by atoms with Crippen molar-refractivity contribution in [2.45, 2.75) is 13.0 Å². The van der Waals surface area contributed by atoms with Gasteiger partial charge in [0, 0.05) is 39.1 Å². The second-order valence-electron chi connectivity index (χ2n) is 5.26. The average Bonchev–Trinajstić information content (AvgIpc) is 2.86. The Bertz CT molecular complexity index is 595. The zero-order chi connectivity index (χ0) is 14.2.